The summed E-state index contributed by atoms with van der Waals surface area (Å²) in [5.74, 6) is 0. The summed E-state index contributed by atoms with van der Waals surface area (Å²) < 4.78 is 0. The molecule has 66 valence electrons. The number of nitrogens with one attached hydrogen (secondary N) is 1. The van der Waals surface area contributed by atoms with E-state index >= 15 is 0 Å². The Hall–Kier alpha value is -0.480. The van der Waals surface area contributed by atoms with E-state index in [-0.39, 0.29) is 18.4 Å². The van der Waals surface area contributed by atoms with E-state index in [9.17, 15) is 4.79 Å². The maximum Gasteiger partial charge on any atom is 0.407 e. The second-order valence-corrected chi connectivity index (χ2v) is 2.53. The van der Waals surface area contributed by atoms with Crippen LogP contribution in [0.15, 0.2) is 0 Å². The maximum atomic E-state index is 10.5. The van der Waals surface area contributed by atoms with Gasteiger partial charge in [0.15, 0.2) is 0 Å². The minimum Gasteiger partial charge on any atom is -0.465 e. The predicted molar refractivity (Wildman–Crippen MR) is 44.3 cm³/mol. The molecule has 2 N–H and O–H groups in total. The van der Waals surface area contributed by atoms with Gasteiger partial charge in [-0.05, 0) is 6.92 Å². The number of carboxylic acid groups (broad SMARTS) is 1. The van der Waals surface area contributed by atoms with E-state index in [0.717, 1.165) is 13.1 Å². The number of hydrogen-bond acceptors (Lipinski definition) is 2. The number of hydrogen-bond donors (Lipinski definition) is 2. The minimum absolute atomic E-state index is 0. The molecule has 1 unspecified atom stereocenters. The molecule has 0 spiro atoms. The Bertz CT molecular complexity index is 143. The molecular weight excluding hydrogens is 168 g/mol. The summed E-state index contributed by atoms with van der Waals surface area (Å²) in [6, 6.07) is 0.117. The second kappa shape index (κ2) is 4.41. The van der Waals surface area contributed by atoms with Crippen LogP contribution in [-0.2, 0) is 0 Å². The average molecular weight is 181 g/mol. The van der Waals surface area contributed by atoms with E-state index in [2.05, 4.69) is 5.32 Å². The van der Waals surface area contributed by atoms with Gasteiger partial charge in [0.1, 0.15) is 0 Å². The molecule has 1 fully saturated rings. The van der Waals surface area contributed by atoms with E-state index < -0.39 is 6.09 Å². The number of halogens is 1. The molecule has 1 rings (SSSR count). The summed E-state index contributed by atoms with van der Waals surface area (Å²) in [5.41, 5.74) is 0. The quantitative estimate of drug-likeness (QED) is 0.567. The maximum absolute atomic E-state index is 10.5. The first-order valence-electron chi connectivity index (χ1n) is 3.42. The van der Waals surface area contributed by atoms with E-state index in [1.165, 1.54) is 4.90 Å². The van der Waals surface area contributed by atoms with Gasteiger partial charge in [0.05, 0.1) is 0 Å². The lowest BCUT2D eigenvalue weighted by atomic mass is 10.2. The third-order valence-corrected chi connectivity index (χ3v) is 1.75. The Balaban J connectivity index is 0.000001000. The van der Waals surface area contributed by atoms with Gasteiger partial charge in [0, 0.05) is 25.7 Å². The lowest BCUT2D eigenvalue weighted by Crippen LogP contribution is -2.51. The van der Waals surface area contributed by atoms with Crippen molar-refractivity contribution in [2.45, 2.75) is 13.0 Å². The first-order chi connectivity index (χ1) is 4.72. The van der Waals surface area contributed by atoms with Gasteiger partial charge in [-0.3, -0.25) is 0 Å². The molecule has 0 bridgehead atoms. The zero-order valence-corrected chi connectivity index (χ0v) is 7.23. The van der Waals surface area contributed by atoms with Crippen molar-refractivity contribution in [1.29, 1.82) is 0 Å². The third kappa shape index (κ3) is 2.55. The fourth-order valence-electron chi connectivity index (χ4n) is 1.13. The lowest BCUT2D eigenvalue weighted by molar-refractivity contribution is 0.117. The van der Waals surface area contributed by atoms with Crippen LogP contribution >= 0.6 is 12.4 Å². The van der Waals surface area contributed by atoms with Crippen molar-refractivity contribution < 1.29 is 9.90 Å². The van der Waals surface area contributed by atoms with Gasteiger partial charge in [-0.2, -0.15) is 0 Å². The number of rotatable bonds is 0. The Morgan fingerprint density at radius 2 is 2.36 bits per heavy atom. The summed E-state index contributed by atoms with van der Waals surface area (Å²) in [6.45, 7) is 4.06. The zero-order chi connectivity index (χ0) is 7.56. The minimum atomic E-state index is -0.811. The normalized spacial score (nSPS) is 24.1. The summed E-state index contributed by atoms with van der Waals surface area (Å²) >= 11 is 0. The molecule has 1 heterocycles. The number of nitrogens with zero attached hydrogens (tertiary/aromatic N) is 1. The van der Waals surface area contributed by atoms with Crippen molar-refractivity contribution in [2.75, 3.05) is 19.6 Å². The molecule has 5 heteroatoms. The van der Waals surface area contributed by atoms with Crippen molar-refractivity contribution in [2.24, 2.45) is 0 Å². The molecule has 0 aliphatic carbocycles. The van der Waals surface area contributed by atoms with Gasteiger partial charge in [-0.1, -0.05) is 0 Å². The highest BCUT2D eigenvalue weighted by molar-refractivity contribution is 5.85. The van der Waals surface area contributed by atoms with Gasteiger partial charge >= 0.3 is 6.09 Å². The predicted octanol–water partition coefficient (Wildman–Crippen LogP) is 0.380. The van der Waals surface area contributed by atoms with Crippen LogP contribution in [0, 0.1) is 0 Å². The van der Waals surface area contributed by atoms with Crippen LogP contribution < -0.4 is 5.32 Å². The molecule has 1 atom stereocenters. The van der Waals surface area contributed by atoms with Crippen molar-refractivity contribution in [3.63, 3.8) is 0 Å². The first kappa shape index (κ1) is 10.5. The van der Waals surface area contributed by atoms with Crippen LogP contribution in [0.25, 0.3) is 0 Å². The van der Waals surface area contributed by atoms with Gasteiger partial charge < -0.3 is 15.3 Å². The average Bonchev–Trinajstić information content (AvgIpc) is 1.88. The lowest BCUT2D eigenvalue weighted by Gasteiger charge is -2.31. The van der Waals surface area contributed by atoms with Crippen LogP contribution in [-0.4, -0.2) is 41.8 Å². The molecule has 0 aromatic rings. The standard InChI is InChI=1S/C6H12N2O2.ClH/c1-5-4-7-2-3-8(5)6(9)10;/h5,7H,2-4H2,1H3,(H,9,10);1H. The molecular formula is C6H13ClN2O2. The summed E-state index contributed by atoms with van der Waals surface area (Å²) in [7, 11) is 0. The molecule has 0 radical (unpaired) electrons. The Morgan fingerprint density at radius 3 is 2.73 bits per heavy atom. The van der Waals surface area contributed by atoms with Crippen LogP contribution in [0.5, 0.6) is 0 Å². The fraction of sp³-hybridized carbons (Fsp3) is 0.833. The topological polar surface area (TPSA) is 52.6 Å². The van der Waals surface area contributed by atoms with E-state index in [4.69, 9.17) is 5.11 Å². The highest BCUT2D eigenvalue weighted by Crippen LogP contribution is 2.01. The Labute approximate surface area is 72.0 Å². The molecule has 1 saturated heterocycles. The van der Waals surface area contributed by atoms with Crippen LogP contribution in [0.4, 0.5) is 4.79 Å². The Morgan fingerprint density at radius 1 is 1.73 bits per heavy atom. The monoisotopic (exact) mass is 180 g/mol. The second-order valence-electron chi connectivity index (χ2n) is 2.53. The van der Waals surface area contributed by atoms with Crippen LogP contribution in [0.2, 0.25) is 0 Å². The van der Waals surface area contributed by atoms with Gasteiger partial charge in [-0.15, -0.1) is 12.4 Å². The fourth-order valence-corrected chi connectivity index (χ4v) is 1.13. The smallest absolute Gasteiger partial charge is 0.407 e. The molecule has 0 saturated carbocycles. The summed E-state index contributed by atoms with van der Waals surface area (Å²) in [5, 5.41) is 11.7. The highest BCUT2D eigenvalue weighted by atomic mass is 35.5. The molecule has 0 aromatic heterocycles. The van der Waals surface area contributed by atoms with Crippen molar-refractivity contribution in [3.05, 3.63) is 0 Å². The van der Waals surface area contributed by atoms with Gasteiger partial charge in [0.25, 0.3) is 0 Å². The van der Waals surface area contributed by atoms with Gasteiger partial charge in [0.2, 0.25) is 0 Å². The summed E-state index contributed by atoms with van der Waals surface area (Å²) in [4.78, 5) is 11.9. The number of amides is 1. The molecule has 4 nitrogen and oxygen atoms in total. The number of carbonyl (C=O) groups is 1. The Kier molecular flexibility index (Phi) is 4.22. The van der Waals surface area contributed by atoms with E-state index in [1.807, 2.05) is 6.92 Å². The van der Waals surface area contributed by atoms with Crippen molar-refractivity contribution in [1.82, 2.24) is 10.2 Å². The van der Waals surface area contributed by atoms with E-state index in [1.54, 1.807) is 0 Å². The highest BCUT2D eigenvalue weighted by Gasteiger charge is 2.21. The van der Waals surface area contributed by atoms with Gasteiger partial charge in [-0.25, -0.2) is 4.79 Å². The third-order valence-electron chi connectivity index (χ3n) is 1.75. The van der Waals surface area contributed by atoms with Crippen LogP contribution in [0.1, 0.15) is 6.92 Å². The van der Waals surface area contributed by atoms with E-state index in [0.29, 0.717) is 6.54 Å². The van der Waals surface area contributed by atoms with Crippen molar-refractivity contribution >= 4 is 18.5 Å². The largest absolute Gasteiger partial charge is 0.465 e. The molecule has 1 amide bonds. The number of piperazine rings is 1. The first-order valence-corrected chi connectivity index (χ1v) is 3.42. The zero-order valence-electron chi connectivity index (χ0n) is 6.41. The SMILES string of the molecule is CC1CNCCN1C(=O)O.Cl. The van der Waals surface area contributed by atoms with Crippen molar-refractivity contribution in [3.8, 4) is 0 Å². The molecule has 1 aliphatic rings. The molecule has 11 heavy (non-hydrogen) atoms. The van der Waals surface area contributed by atoms with Crippen LogP contribution in [0.3, 0.4) is 0 Å². The molecule has 1 aliphatic heterocycles. The molecule has 0 aromatic carbocycles. The summed E-state index contributed by atoms with van der Waals surface area (Å²) in [6.07, 6.45) is -0.811.